The quantitative estimate of drug-likeness (QED) is 0.780. The summed E-state index contributed by atoms with van der Waals surface area (Å²) in [5, 5.41) is 3.95. The van der Waals surface area contributed by atoms with E-state index in [0.717, 1.165) is 12.0 Å². The van der Waals surface area contributed by atoms with Crippen molar-refractivity contribution in [1.82, 2.24) is 15.2 Å². The Kier molecular flexibility index (Phi) is 5.29. The molecule has 2 aliphatic heterocycles. The van der Waals surface area contributed by atoms with Crippen LogP contribution in [0, 0.1) is 5.82 Å². The SMILES string of the molecule is O=C(CCc1cc2ccc(F)cc2c(=O)[nH]1)N1CC=C(C2C=CC(F)=CN2)CC1. The van der Waals surface area contributed by atoms with Crippen LogP contribution in [0.5, 0.6) is 0 Å². The molecule has 0 saturated heterocycles. The predicted octanol–water partition coefficient (Wildman–Crippen LogP) is 3.10. The molecule has 0 saturated carbocycles. The van der Waals surface area contributed by atoms with Crippen LogP contribution in [0.1, 0.15) is 18.5 Å². The van der Waals surface area contributed by atoms with Crippen molar-refractivity contribution in [2.45, 2.75) is 25.3 Å². The van der Waals surface area contributed by atoms with E-state index in [1.54, 1.807) is 23.1 Å². The van der Waals surface area contributed by atoms with Crippen molar-refractivity contribution in [2.24, 2.45) is 0 Å². The number of hydrogen-bond acceptors (Lipinski definition) is 3. The maximum absolute atomic E-state index is 13.3. The second-order valence-corrected chi connectivity index (χ2v) is 7.26. The van der Waals surface area contributed by atoms with Crippen molar-refractivity contribution >= 4 is 16.7 Å². The molecule has 2 aliphatic rings. The Hall–Kier alpha value is -3.22. The molecule has 4 rings (SSSR count). The number of H-pyrrole nitrogens is 1. The van der Waals surface area contributed by atoms with Gasteiger partial charge in [-0.1, -0.05) is 18.2 Å². The maximum Gasteiger partial charge on any atom is 0.256 e. The lowest BCUT2D eigenvalue weighted by molar-refractivity contribution is -0.130. The van der Waals surface area contributed by atoms with Crippen LogP contribution < -0.4 is 10.9 Å². The van der Waals surface area contributed by atoms with Gasteiger partial charge in [0.25, 0.3) is 5.56 Å². The number of aromatic amines is 1. The van der Waals surface area contributed by atoms with Crippen molar-refractivity contribution < 1.29 is 13.6 Å². The molecule has 7 heteroatoms. The molecule has 1 atom stereocenters. The van der Waals surface area contributed by atoms with Crippen molar-refractivity contribution in [3.05, 3.63) is 82.0 Å². The van der Waals surface area contributed by atoms with E-state index in [9.17, 15) is 18.4 Å². The zero-order chi connectivity index (χ0) is 20.4. The van der Waals surface area contributed by atoms with Crippen LogP contribution in [0.4, 0.5) is 8.78 Å². The Bertz CT molecular complexity index is 1100. The van der Waals surface area contributed by atoms with Crippen molar-refractivity contribution in [3.8, 4) is 0 Å². The molecule has 1 aromatic heterocycles. The van der Waals surface area contributed by atoms with Crippen LogP contribution >= 0.6 is 0 Å². The van der Waals surface area contributed by atoms with Crippen LogP contribution in [-0.4, -0.2) is 34.9 Å². The number of pyridine rings is 1. The molecule has 1 aromatic carbocycles. The van der Waals surface area contributed by atoms with E-state index < -0.39 is 5.82 Å². The monoisotopic (exact) mass is 397 g/mol. The zero-order valence-corrected chi connectivity index (χ0v) is 15.8. The smallest absolute Gasteiger partial charge is 0.256 e. The van der Waals surface area contributed by atoms with Crippen LogP contribution in [0.2, 0.25) is 0 Å². The molecule has 1 unspecified atom stereocenters. The van der Waals surface area contributed by atoms with Gasteiger partial charge in [0, 0.05) is 36.8 Å². The van der Waals surface area contributed by atoms with E-state index >= 15 is 0 Å². The molecular formula is C22H21F2N3O2. The second-order valence-electron chi connectivity index (χ2n) is 7.26. The number of nitrogens with zero attached hydrogens (tertiary/aromatic N) is 1. The number of allylic oxidation sites excluding steroid dienone is 2. The van der Waals surface area contributed by atoms with Gasteiger partial charge in [-0.25, -0.2) is 8.78 Å². The normalized spacial score (nSPS) is 19.0. The number of halogens is 2. The summed E-state index contributed by atoms with van der Waals surface area (Å²) in [6.45, 7) is 1.12. The van der Waals surface area contributed by atoms with Crippen molar-refractivity contribution in [1.29, 1.82) is 0 Å². The molecule has 1 amide bonds. The van der Waals surface area contributed by atoms with E-state index in [2.05, 4.69) is 10.3 Å². The van der Waals surface area contributed by atoms with E-state index in [-0.39, 0.29) is 29.8 Å². The summed E-state index contributed by atoms with van der Waals surface area (Å²) in [5.41, 5.74) is 1.44. The number of nitrogens with one attached hydrogen (secondary N) is 2. The van der Waals surface area contributed by atoms with Crippen molar-refractivity contribution in [3.63, 3.8) is 0 Å². The second kappa shape index (κ2) is 8.03. The van der Waals surface area contributed by atoms with E-state index in [1.165, 1.54) is 24.4 Å². The first-order valence-electron chi connectivity index (χ1n) is 9.58. The molecule has 0 radical (unpaired) electrons. The van der Waals surface area contributed by atoms with Gasteiger partial charge in [0.15, 0.2) is 0 Å². The first kappa shape index (κ1) is 19.1. The molecule has 3 heterocycles. The molecule has 0 fully saturated rings. The van der Waals surface area contributed by atoms with E-state index in [1.807, 2.05) is 6.08 Å². The predicted molar refractivity (Wildman–Crippen MR) is 107 cm³/mol. The minimum atomic E-state index is -0.455. The number of carbonyl (C=O) groups excluding carboxylic acids is 1. The number of carbonyl (C=O) groups is 1. The van der Waals surface area contributed by atoms with Crippen LogP contribution in [-0.2, 0) is 11.2 Å². The Morgan fingerprint density at radius 3 is 2.83 bits per heavy atom. The Morgan fingerprint density at radius 1 is 1.24 bits per heavy atom. The third-order valence-corrected chi connectivity index (χ3v) is 5.32. The van der Waals surface area contributed by atoms with Crippen LogP contribution in [0.15, 0.2) is 64.9 Å². The zero-order valence-electron chi connectivity index (χ0n) is 15.8. The Morgan fingerprint density at radius 2 is 2.10 bits per heavy atom. The number of amides is 1. The standard InChI is InChI=1S/C22H21F2N3O2/c23-16-2-1-15-11-18(26-22(29)19(15)12-16)4-6-21(28)27-9-7-14(8-10-27)20-5-3-17(24)13-25-20/h1-3,5,7,11-13,20,25H,4,6,8-10H2,(H,26,29). The van der Waals surface area contributed by atoms with E-state index in [4.69, 9.17) is 0 Å². The molecular weight excluding hydrogens is 376 g/mol. The highest BCUT2D eigenvalue weighted by Crippen LogP contribution is 2.20. The highest BCUT2D eigenvalue weighted by atomic mass is 19.1. The minimum absolute atomic E-state index is 0.0124. The summed E-state index contributed by atoms with van der Waals surface area (Å²) >= 11 is 0. The fourth-order valence-corrected chi connectivity index (χ4v) is 3.71. The highest BCUT2D eigenvalue weighted by molar-refractivity contribution is 5.82. The van der Waals surface area contributed by atoms with Gasteiger partial charge >= 0.3 is 0 Å². The number of aryl methyl sites for hydroxylation is 1. The molecule has 29 heavy (non-hydrogen) atoms. The lowest BCUT2D eigenvalue weighted by Gasteiger charge is -2.30. The van der Waals surface area contributed by atoms with Crippen molar-refractivity contribution in [2.75, 3.05) is 13.1 Å². The summed E-state index contributed by atoms with van der Waals surface area (Å²) in [6, 6.07) is 5.85. The molecule has 0 bridgehead atoms. The topological polar surface area (TPSA) is 65.2 Å². The molecule has 0 spiro atoms. The summed E-state index contributed by atoms with van der Waals surface area (Å²) < 4.78 is 26.4. The maximum atomic E-state index is 13.3. The number of fused-ring (bicyclic) bond motifs is 1. The largest absolute Gasteiger partial charge is 0.379 e. The van der Waals surface area contributed by atoms with Crippen LogP contribution in [0.3, 0.4) is 0 Å². The minimum Gasteiger partial charge on any atom is -0.379 e. The van der Waals surface area contributed by atoms with Gasteiger partial charge in [-0.2, -0.15) is 0 Å². The first-order valence-corrected chi connectivity index (χ1v) is 9.58. The average molecular weight is 397 g/mol. The molecule has 5 nitrogen and oxygen atoms in total. The van der Waals surface area contributed by atoms with Gasteiger partial charge in [0.1, 0.15) is 11.6 Å². The fraction of sp³-hybridized carbons (Fsp3) is 0.273. The van der Waals surface area contributed by atoms with Gasteiger partial charge in [-0.15, -0.1) is 0 Å². The molecule has 0 aliphatic carbocycles. The molecule has 150 valence electrons. The third kappa shape index (κ3) is 4.29. The van der Waals surface area contributed by atoms with Gasteiger partial charge < -0.3 is 15.2 Å². The molecule has 2 aromatic rings. The lowest BCUT2D eigenvalue weighted by atomic mass is 9.98. The number of hydrogen-bond donors (Lipinski definition) is 2. The number of rotatable bonds is 4. The van der Waals surface area contributed by atoms with Crippen LogP contribution in [0.25, 0.3) is 10.8 Å². The number of aromatic nitrogens is 1. The summed E-state index contributed by atoms with van der Waals surface area (Å²) in [7, 11) is 0. The number of benzene rings is 1. The third-order valence-electron chi connectivity index (χ3n) is 5.32. The van der Waals surface area contributed by atoms with E-state index in [0.29, 0.717) is 36.0 Å². The Labute approximate surface area is 166 Å². The highest BCUT2D eigenvalue weighted by Gasteiger charge is 2.21. The summed E-state index contributed by atoms with van der Waals surface area (Å²) in [6.07, 6.45) is 7.99. The fourth-order valence-electron chi connectivity index (χ4n) is 3.71. The average Bonchev–Trinajstić information content (AvgIpc) is 2.73. The number of dihydropyridines is 1. The molecule has 2 N–H and O–H groups in total. The van der Waals surface area contributed by atoms with Gasteiger partial charge in [0.2, 0.25) is 5.91 Å². The van der Waals surface area contributed by atoms with Gasteiger partial charge in [-0.05, 0) is 48.1 Å². The van der Waals surface area contributed by atoms with Gasteiger partial charge in [-0.3, -0.25) is 9.59 Å². The first-order chi connectivity index (χ1) is 14.0. The Balaban J connectivity index is 1.36. The summed E-state index contributed by atoms with van der Waals surface area (Å²) in [4.78, 5) is 29.2. The summed E-state index contributed by atoms with van der Waals surface area (Å²) in [5.74, 6) is -0.742. The lowest BCUT2D eigenvalue weighted by Crippen LogP contribution is -2.38. The van der Waals surface area contributed by atoms with Gasteiger partial charge in [0.05, 0.1) is 6.04 Å².